The lowest BCUT2D eigenvalue weighted by Gasteiger charge is -2.07. The van der Waals surface area contributed by atoms with Crippen LogP contribution in [-0.4, -0.2) is 19.4 Å². The van der Waals surface area contributed by atoms with Crippen LogP contribution in [0.15, 0.2) is 58.3 Å². The Kier molecular flexibility index (Phi) is 4.36. The molecule has 0 saturated carbocycles. The second-order valence-corrected chi connectivity index (χ2v) is 4.89. The molecule has 0 aliphatic carbocycles. The number of hydrogen-bond acceptors (Lipinski definition) is 4. The predicted molar refractivity (Wildman–Crippen MR) is 73.7 cm³/mol. The van der Waals surface area contributed by atoms with Gasteiger partial charge in [-0.1, -0.05) is 30.0 Å². The monoisotopic (exact) mass is 272 g/mol. The Hall–Kier alpha value is -2.07. The molecule has 2 aromatic rings. The van der Waals surface area contributed by atoms with Crippen molar-refractivity contribution >= 4 is 24.0 Å². The van der Waals surface area contributed by atoms with Crippen molar-refractivity contribution in [1.82, 2.24) is 0 Å². The summed E-state index contributed by atoms with van der Waals surface area (Å²) in [5.74, 6) is -0.410. The van der Waals surface area contributed by atoms with E-state index >= 15 is 0 Å². The third kappa shape index (κ3) is 3.23. The standard InChI is InChI=1S/C15H12O3S/c1-18-15(17)11-7-8-12(10-16)14(9-11)19-13-5-3-2-4-6-13/h2-10H,1H3. The second-order valence-electron chi connectivity index (χ2n) is 3.78. The molecular weight excluding hydrogens is 260 g/mol. The van der Waals surface area contributed by atoms with Gasteiger partial charge in [-0.05, 0) is 30.3 Å². The molecule has 0 saturated heterocycles. The molecule has 2 aromatic carbocycles. The van der Waals surface area contributed by atoms with Crippen molar-refractivity contribution in [3.63, 3.8) is 0 Å². The summed E-state index contributed by atoms with van der Waals surface area (Å²) in [6.07, 6.45) is 0.784. The van der Waals surface area contributed by atoms with Crippen molar-refractivity contribution in [2.75, 3.05) is 7.11 Å². The molecule has 0 radical (unpaired) electrons. The van der Waals surface area contributed by atoms with Gasteiger partial charge in [0, 0.05) is 15.4 Å². The number of hydrogen-bond donors (Lipinski definition) is 0. The van der Waals surface area contributed by atoms with Gasteiger partial charge in [-0.25, -0.2) is 4.79 Å². The van der Waals surface area contributed by atoms with E-state index in [0.717, 1.165) is 16.1 Å². The third-order valence-corrected chi connectivity index (χ3v) is 3.61. The van der Waals surface area contributed by atoms with E-state index in [1.54, 1.807) is 18.2 Å². The zero-order valence-electron chi connectivity index (χ0n) is 10.3. The first-order chi connectivity index (χ1) is 9.24. The third-order valence-electron chi connectivity index (χ3n) is 2.53. The van der Waals surface area contributed by atoms with Crippen molar-refractivity contribution in [3.05, 3.63) is 59.7 Å². The molecule has 3 nitrogen and oxygen atoms in total. The smallest absolute Gasteiger partial charge is 0.337 e. The van der Waals surface area contributed by atoms with E-state index in [-0.39, 0.29) is 0 Å². The predicted octanol–water partition coefficient (Wildman–Crippen LogP) is 3.44. The van der Waals surface area contributed by atoms with E-state index in [2.05, 4.69) is 4.74 Å². The Balaban J connectivity index is 2.36. The Bertz CT molecular complexity index is 594. The maximum absolute atomic E-state index is 11.5. The van der Waals surface area contributed by atoms with Gasteiger partial charge < -0.3 is 4.74 Å². The maximum atomic E-state index is 11.5. The number of benzene rings is 2. The van der Waals surface area contributed by atoms with Gasteiger partial charge in [0.1, 0.15) is 0 Å². The number of aldehydes is 1. The summed E-state index contributed by atoms with van der Waals surface area (Å²) in [6.45, 7) is 0. The van der Waals surface area contributed by atoms with Crippen LogP contribution in [0.25, 0.3) is 0 Å². The fourth-order valence-electron chi connectivity index (χ4n) is 1.58. The molecule has 0 amide bonds. The van der Waals surface area contributed by atoms with Gasteiger partial charge in [0.2, 0.25) is 0 Å². The van der Waals surface area contributed by atoms with E-state index in [1.165, 1.54) is 18.9 Å². The molecule has 0 bridgehead atoms. The van der Waals surface area contributed by atoms with Crippen molar-refractivity contribution < 1.29 is 14.3 Å². The van der Waals surface area contributed by atoms with E-state index in [1.807, 2.05) is 30.3 Å². The number of carbonyl (C=O) groups is 2. The average Bonchev–Trinajstić information content (AvgIpc) is 2.47. The Morgan fingerprint density at radius 2 is 1.89 bits per heavy atom. The first-order valence-electron chi connectivity index (χ1n) is 5.65. The summed E-state index contributed by atoms with van der Waals surface area (Å²) in [6, 6.07) is 14.6. The Morgan fingerprint density at radius 3 is 2.53 bits per heavy atom. The Labute approximate surface area is 115 Å². The molecule has 0 atom stereocenters. The number of esters is 1. The van der Waals surface area contributed by atoms with Gasteiger partial charge in [-0.15, -0.1) is 0 Å². The molecule has 2 rings (SSSR count). The normalized spacial score (nSPS) is 9.95. The molecule has 0 aliphatic heterocycles. The minimum atomic E-state index is -0.410. The van der Waals surface area contributed by atoms with Crippen LogP contribution in [0.4, 0.5) is 0 Å². The van der Waals surface area contributed by atoms with Crippen LogP contribution in [0.5, 0.6) is 0 Å². The fraction of sp³-hybridized carbons (Fsp3) is 0.0667. The fourth-order valence-corrected chi connectivity index (χ4v) is 2.55. The molecular formula is C15H12O3S. The van der Waals surface area contributed by atoms with E-state index < -0.39 is 5.97 Å². The number of carbonyl (C=O) groups excluding carboxylic acids is 2. The molecule has 96 valence electrons. The molecule has 0 N–H and O–H groups in total. The molecule has 19 heavy (non-hydrogen) atoms. The van der Waals surface area contributed by atoms with E-state index in [9.17, 15) is 9.59 Å². The Morgan fingerprint density at radius 1 is 1.16 bits per heavy atom. The van der Waals surface area contributed by atoms with Gasteiger partial charge in [0.15, 0.2) is 6.29 Å². The van der Waals surface area contributed by atoms with Gasteiger partial charge >= 0.3 is 5.97 Å². The van der Waals surface area contributed by atoms with E-state index in [0.29, 0.717) is 11.1 Å². The van der Waals surface area contributed by atoms with Crippen molar-refractivity contribution in [2.24, 2.45) is 0 Å². The van der Waals surface area contributed by atoms with Gasteiger partial charge in [-0.2, -0.15) is 0 Å². The SMILES string of the molecule is COC(=O)c1ccc(C=O)c(Sc2ccccc2)c1. The lowest BCUT2D eigenvalue weighted by molar-refractivity contribution is 0.0600. The summed E-state index contributed by atoms with van der Waals surface area (Å²) < 4.78 is 4.68. The van der Waals surface area contributed by atoms with Crippen LogP contribution >= 0.6 is 11.8 Å². The molecule has 0 fully saturated rings. The average molecular weight is 272 g/mol. The highest BCUT2D eigenvalue weighted by atomic mass is 32.2. The zero-order valence-corrected chi connectivity index (χ0v) is 11.1. The summed E-state index contributed by atoms with van der Waals surface area (Å²) in [7, 11) is 1.33. The zero-order chi connectivity index (χ0) is 13.7. The van der Waals surface area contributed by atoms with Crippen LogP contribution in [0.1, 0.15) is 20.7 Å². The molecule has 0 aromatic heterocycles. The lowest BCUT2D eigenvalue weighted by atomic mass is 10.1. The minimum Gasteiger partial charge on any atom is -0.465 e. The number of rotatable bonds is 4. The van der Waals surface area contributed by atoms with Crippen molar-refractivity contribution in [1.29, 1.82) is 0 Å². The second kappa shape index (κ2) is 6.20. The van der Waals surface area contributed by atoms with Crippen molar-refractivity contribution in [2.45, 2.75) is 9.79 Å². The molecule has 4 heteroatoms. The molecule has 0 unspecified atom stereocenters. The van der Waals surface area contributed by atoms with Crippen LogP contribution < -0.4 is 0 Å². The van der Waals surface area contributed by atoms with E-state index in [4.69, 9.17) is 0 Å². The molecule has 0 heterocycles. The minimum absolute atomic E-state index is 0.410. The van der Waals surface area contributed by atoms with Gasteiger partial charge in [0.25, 0.3) is 0 Å². The summed E-state index contributed by atoms with van der Waals surface area (Å²) in [5.41, 5.74) is 0.994. The van der Waals surface area contributed by atoms with Gasteiger partial charge in [-0.3, -0.25) is 4.79 Å². The summed E-state index contributed by atoms with van der Waals surface area (Å²) >= 11 is 1.44. The molecule has 0 aliphatic rings. The highest BCUT2D eigenvalue weighted by molar-refractivity contribution is 7.99. The van der Waals surface area contributed by atoms with Crippen LogP contribution in [-0.2, 0) is 4.74 Å². The highest BCUT2D eigenvalue weighted by Crippen LogP contribution is 2.30. The lowest BCUT2D eigenvalue weighted by Crippen LogP contribution is -2.02. The summed E-state index contributed by atoms with van der Waals surface area (Å²) in [5, 5.41) is 0. The number of ether oxygens (including phenoxy) is 1. The van der Waals surface area contributed by atoms with Crippen LogP contribution in [0, 0.1) is 0 Å². The maximum Gasteiger partial charge on any atom is 0.337 e. The van der Waals surface area contributed by atoms with Crippen LogP contribution in [0.2, 0.25) is 0 Å². The summed E-state index contributed by atoms with van der Waals surface area (Å²) in [4.78, 5) is 24.3. The van der Waals surface area contributed by atoms with Crippen molar-refractivity contribution in [3.8, 4) is 0 Å². The topological polar surface area (TPSA) is 43.4 Å². The molecule has 0 spiro atoms. The van der Waals surface area contributed by atoms with Gasteiger partial charge in [0.05, 0.1) is 12.7 Å². The van der Waals surface area contributed by atoms with Crippen LogP contribution in [0.3, 0.4) is 0 Å². The highest BCUT2D eigenvalue weighted by Gasteiger charge is 2.10. The quantitative estimate of drug-likeness (QED) is 0.631. The first kappa shape index (κ1) is 13.4. The number of methoxy groups -OCH3 is 1. The first-order valence-corrected chi connectivity index (χ1v) is 6.46. The largest absolute Gasteiger partial charge is 0.465 e.